The van der Waals surface area contributed by atoms with E-state index in [2.05, 4.69) is 5.32 Å². The van der Waals surface area contributed by atoms with Gasteiger partial charge in [-0.3, -0.25) is 4.79 Å². The number of methoxy groups -OCH3 is 1. The number of nitrogens with zero attached hydrogens (tertiary/aromatic N) is 1. The first-order valence-corrected chi connectivity index (χ1v) is 7.81. The number of nitrogen functional groups attached to an aromatic ring is 1. The quantitative estimate of drug-likeness (QED) is 0.543. The Kier molecular flexibility index (Phi) is 6.13. The monoisotopic (exact) mass is 315 g/mol. The fraction of sp³-hybridized carbons (Fsp3) is 0.462. The summed E-state index contributed by atoms with van der Waals surface area (Å²) in [5, 5.41) is 2.57. The number of nitrogens with two attached hydrogens (primary N) is 1. The van der Waals surface area contributed by atoms with Crippen LogP contribution >= 0.6 is 0 Å². The maximum absolute atomic E-state index is 12.4. The highest BCUT2D eigenvalue weighted by Gasteiger charge is 2.24. The second kappa shape index (κ2) is 7.39. The summed E-state index contributed by atoms with van der Waals surface area (Å²) in [5.74, 6) is -0.389. The second-order valence-corrected chi connectivity index (χ2v) is 6.64. The van der Waals surface area contributed by atoms with Crippen molar-refractivity contribution in [2.75, 3.05) is 39.6 Å². The van der Waals surface area contributed by atoms with Crippen molar-refractivity contribution in [2.45, 2.75) is 11.8 Å². The molecule has 0 atom stereocenters. The van der Waals surface area contributed by atoms with Crippen LogP contribution in [0.5, 0.6) is 0 Å². The van der Waals surface area contributed by atoms with Gasteiger partial charge in [-0.2, -0.15) is 4.31 Å². The number of hydrogen-bond acceptors (Lipinski definition) is 5. The van der Waals surface area contributed by atoms with Gasteiger partial charge in [-0.05, 0) is 24.6 Å². The molecule has 3 N–H and O–H groups in total. The zero-order chi connectivity index (χ0) is 16.0. The molecule has 0 saturated carbocycles. The molecule has 21 heavy (non-hydrogen) atoms. The topological polar surface area (TPSA) is 102 Å². The van der Waals surface area contributed by atoms with Crippen molar-refractivity contribution in [1.82, 2.24) is 9.62 Å². The van der Waals surface area contributed by atoms with Gasteiger partial charge in [0.05, 0.1) is 18.0 Å². The Balaban J connectivity index is 2.82. The maximum Gasteiger partial charge on any atom is 0.243 e. The molecule has 0 bridgehead atoms. The first-order chi connectivity index (χ1) is 9.78. The minimum absolute atomic E-state index is 0.106. The SMILES string of the molecule is COCCNC(=O)CN(C)S(=O)(=O)c1cc(N)ccc1C. The van der Waals surface area contributed by atoms with Gasteiger partial charge in [0.15, 0.2) is 0 Å². The highest BCUT2D eigenvalue weighted by Crippen LogP contribution is 2.21. The summed E-state index contributed by atoms with van der Waals surface area (Å²) >= 11 is 0. The van der Waals surface area contributed by atoms with Gasteiger partial charge in [-0.15, -0.1) is 0 Å². The van der Waals surface area contributed by atoms with Crippen LogP contribution in [0, 0.1) is 6.92 Å². The van der Waals surface area contributed by atoms with Gasteiger partial charge in [0.2, 0.25) is 15.9 Å². The normalized spacial score (nSPS) is 11.6. The van der Waals surface area contributed by atoms with Gasteiger partial charge < -0.3 is 15.8 Å². The largest absolute Gasteiger partial charge is 0.399 e. The molecule has 0 aliphatic carbocycles. The van der Waals surface area contributed by atoms with Crippen LogP contribution in [0.2, 0.25) is 0 Å². The minimum Gasteiger partial charge on any atom is -0.399 e. The molecule has 1 aromatic rings. The molecule has 0 fully saturated rings. The lowest BCUT2D eigenvalue weighted by molar-refractivity contribution is -0.121. The van der Waals surface area contributed by atoms with E-state index in [4.69, 9.17) is 10.5 Å². The zero-order valence-electron chi connectivity index (χ0n) is 12.4. The molecule has 1 aromatic carbocycles. The predicted molar refractivity (Wildman–Crippen MR) is 80.3 cm³/mol. The minimum atomic E-state index is -3.76. The average Bonchev–Trinajstić information content (AvgIpc) is 2.41. The Bertz CT molecular complexity index is 601. The number of hydrogen-bond donors (Lipinski definition) is 2. The van der Waals surface area contributed by atoms with Gasteiger partial charge in [-0.1, -0.05) is 6.07 Å². The van der Waals surface area contributed by atoms with Crippen molar-refractivity contribution in [1.29, 1.82) is 0 Å². The van der Waals surface area contributed by atoms with Crippen molar-refractivity contribution in [2.24, 2.45) is 0 Å². The number of nitrogens with one attached hydrogen (secondary N) is 1. The van der Waals surface area contributed by atoms with E-state index in [1.165, 1.54) is 20.2 Å². The number of benzene rings is 1. The summed E-state index contributed by atoms with van der Waals surface area (Å²) in [5.41, 5.74) is 6.57. The van der Waals surface area contributed by atoms with E-state index in [0.717, 1.165) is 4.31 Å². The Morgan fingerprint density at radius 3 is 2.71 bits per heavy atom. The predicted octanol–water partition coefficient (Wildman–Crippen LogP) is -0.0397. The molecule has 0 saturated heterocycles. The van der Waals surface area contributed by atoms with E-state index in [1.54, 1.807) is 19.1 Å². The number of likely N-dealkylation sites (N-methyl/N-ethyl adjacent to an activating group) is 1. The van der Waals surface area contributed by atoms with Gasteiger partial charge in [0.25, 0.3) is 0 Å². The summed E-state index contributed by atoms with van der Waals surface area (Å²) in [6, 6.07) is 4.66. The zero-order valence-corrected chi connectivity index (χ0v) is 13.2. The van der Waals surface area contributed by atoms with Crippen LogP contribution in [-0.4, -0.2) is 52.5 Å². The molecule has 1 rings (SSSR count). The summed E-state index contributed by atoms with van der Waals surface area (Å²) in [6.45, 7) is 2.12. The molecule has 0 radical (unpaired) electrons. The molecule has 1 amide bonds. The van der Waals surface area contributed by atoms with Crippen LogP contribution in [0.25, 0.3) is 0 Å². The third-order valence-corrected chi connectivity index (χ3v) is 4.84. The van der Waals surface area contributed by atoms with Crippen molar-refractivity contribution >= 4 is 21.6 Å². The van der Waals surface area contributed by atoms with E-state index >= 15 is 0 Å². The third kappa shape index (κ3) is 4.69. The molecule has 7 nitrogen and oxygen atoms in total. The third-order valence-electron chi connectivity index (χ3n) is 2.90. The van der Waals surface area contributed by atoms with E-state index < -0.39 is 10.0 Å². The number of ether oxygens (including phenoxy) is 1. The molecule has 0 aromatic heterocycles. The van der Waals surface area contributed by atoms with E-state index in [0.29, 0.717) is 24.4 Å². The smallest absolute Gasteiger partial charge is 0.243 e. The summed E-state index contributed by atoms with van der Waals surface area (Å²) in [7, 11) is -0.882. The molecular weight excluding hydrogens is 294 g/mol. The van der Waals surface area contributed by atoms with E-state index in [1.807, 2.05) is 0 Å². The number of amides is 1. The number of anilines is 1. The van der Waals surface area contributed by atoms with Crippen molar-refractivity contribution in [3.8, 4) is 0 Å². The highest BCUT2D eigenvalue weighted by molar-refractivity contribution is 7.89. The molecule has 0 spiro atoms. The van der Waals surface area contributed by atoms with Gasteiger partial charge >= 0.3 is 0 Å². The highest BCUT2D eigenvalue weighted by atomic mass is 32.2. The first-order valence-electron chi connectivity index (χ1n) is 6.37. The van der Waals surface area contributed by atoms with Crippen LogP contribution < -0.4 is 11.1 Å². The van der Waals surface area contributed by atoms with Crippen LogP contribution in [0.15, 0.2) is 23.1 Å². The van der Waals surface area contributed by atoms with Gasteiger partial charge in [-0.25, -0.2) is 8.42 Å². The van der Waals surface area contributed by atoms with Crippen LogP contribution in [0.1, 0.15) is 5.56 Å². The fourth-order valence-electron chi connectivity index (χ4n) is 1.70. The molecule has 0 unspecified atom stereocenters. The number of carbonyl (C=O) groups excluding carboxylic acids is 1. The average molecular weight is 315 g/mol. The molecule has 0 heterocycles. The second-order valence-electron chi connectivity index (χ2n) is 4.63. The first kappa shape index (κ1) is 17.4. The van der Waals surface area contributed by atoms with Crippen LogP contribution in [0.4, 0.5) is 5.69 Å². The number of rotatable bonds is 7. The van der Waals surface area contributed by atoms with E-state index in [-0.39, 0.29) is 17.3 Å². The Morgan fingerprint density at radius 1 is 1.43 bits per heavy atom. The Labute approximate surface area is 125 Å². The summed E-state index contributed by atoms with van der Waals surface area (Å²) in [4.78, 5) is 11.8. The number of carbonyl (C=O) groups is 1. The lowest BCUT2D eigenvalue weighted by Gasteiger charge is -2.18. The Hall–Kier alpha value is -1.64. The standard InChI is InChI=1S/C13H21N3O4S/c1-10-4-5-11(14)8-12(10)21(18,19)16(2)9-13(17)15-6-7-20-3/h4-5,8H,6-7,9,14H2,1-3H3,(H,15,17). The van der Waals surface area contributed by atoms with Crippen LogP contribution in [0.3, 0.4) is 0 Å². The number of sulfonamides is 1. The fourth-order valence-corrected chi connectivity index (χ4v) is 3.08. The maximum atomic E-state index is 12.4. The molecular formula is C13H21N3O4S. The van der Waals surface area contributed by atoms with Gasteiger partial charge in [0, 0.05) is 26.4 Å². The molecule has 118 valence electrons. The van der Waals surface area contributed by atoms with Crippen molar-refractivity contribution in [3.05, 3.63) is 23.8 Å². The molecule has 8 heteroatoms. The lowest BCUT2D eigenvalue weighted by Crippen LogP contribution is -2.39. The summed E-state index contributed by atoms with van der Waals surface area (Å²) < 4.78 is 30.7. The van der Waals surface area contributed by atoms with Crippen LogP contribution in [-0.2, 0) is 19.6 Å². The summed E-state index contributed by atoms with van der Waals surface area (Å²) in [6.07, 6.45) is 0. The van der Waals surface area contributed by atoms with Gasteiger partial charge in [0.1, 0.15) is 0 Å². The van der Waals surface area contributed by atoms with Crippen molar-refractivity contribution < 1.29 is 17.9 Å². The van der Waals surface area contributed by atoms with Crippen molar-refractivity contribution in [3.63, 3.8) is 0 Å². The molecule has 0 aliphatic rings. The number of aryl methyl sites for hydroxylation is 1. The van der Waals surface area contributed by atoms with E-state index in [9.17, 15) is 13.2 Å². The lowest BCUT2D eigenvalue weighted by atomic mass is 10.2. The Morgan fingerprint density at radius 2 is 2.10 bits per heavy atom. The molecule has 0 aliphatic heterocycles.